The first-order valence-electron chi connectivity index (χ1n) is 12.0. The van der Waals surface area contributed by atoms with Crippen LogP contribution < -0.4 is 5.32 Å². The van der Waals surface area contributed by atoms with Crippen LogP contribution in [-0.2, 0) is 14.3 Å². The molecule has 2 N–H and O–H groups in total. The molecule has 2 amide bonds. The summed E-state index contributed by atoms with van der Waals surface area (Å²) in [5.74, 6) is -1.04. The number of likely N-dealkylation sites (N-methyl/N-ethyl adjacent to an activating group) is 1. The van der Waals surface area contributed by atoms with E-state index in [1.165, 1.54) is 11.1 Å². The largest absolute Gasteiger partial charge is 0.480 e. The number of hydrogen-bond acceptors (Lipinski definition) is 5. The summed E-state index contributed by atoms with van der Waals surface area (Å²) < 4.78 is 5.57. The lowest BCUT2D eigenvalue weighted by Crippen LogP contribution is -2.58. The number of amides is 2. The maximum absolute atomic E-state index is 13.1. The summed E-state index contributed by atoms with van der Waals surface area (Å²) in [6.07, 6.45) is -0.0965. The van der Waals surface area contributed by atoms with Crippen molar-refractivity contribution in [3.63, 3.8) is 0 Å². The zero-order valence-electron chi connectivity index (χ0n) is 20.5. The Hall–Kier alpha value is -3.39. The molecule has 1 saturated heterocycles. The number of nitrogens with one attached hydrogen (secondary N) is 1. The molecule has 1 fully saturated rings. The molecule has 1 atom stereocenters. The van der Waals surface area contributed by atoms with E-state index in [0.717, 1.165) is 11.1 Å². The van der Waals surface area contributed by atoms with Crippen molar-refractivity contribution in [2.45, 2.75) is 32.2 Å². The molecule has 8 heteroatoms. The molecule has 1 aliphatic heterocycles. The predicted molar refractivity (Wildman–Crippen MR) is 132 cm³/mol. The smallest absolute Gasteiger partial charge is 0.407 e. The standard InChI is InChI=1S/C27H33N3O5/c1-27(2,25(33)30-15-14-29(3)23(16-30)24(31)32)12-13-28-26(34)35-17-22-20-10-6-4-8-18(20)19-9-5-7-11-21(19)22/h4-11,22-23H,12-17H2,1-3H3,(H,28,34)(H,31,32). The quantitative estimate of drug-likeness (QED) is 0.633. The second-order valence-corrected chi connectivity index (χ2v) is 9.97. The normalized spacial score (nSPS) is 18.0. The van der Waals surface area contributed by atoms with Gasteiger partial charge in [0.2, 0.25) is 5.91 Å². The van der Waals surface area contributed by atoms with Gasteiger partial charge in [-0.2, -0.15) is 0 Å². The zero-order valence-corrected chi connectivity index (χ0v) is 20.5. The predicted octanol–water partition coefficient (Wildman–Crippen LogP) is 3.17. The maximum atomic E-state index is 13.1. The van der Waals surface area contributed by atoms with Gasteiger partial charge in [0, 0.05) is 37.5 Å². The second-order valence-electron chi connectivity index (χ2n) is 9.97. The van der Waals surface area contributed by atoms with Gasteiger partial charge in [0.15, 0.2) is 0 Å². The maximum Gasteiger partial charge on any atom is 0.407 e. The van der Waals surface area contributed by atoms with E-state index in [2.05, 4.69) is 29.6 Å². The van der Waals surface area contributed by atoms with Crippen LogP contribution in [0.25, 0.3) is 11.1 Å². The van der Waals surface area contributed by atoms with Gasteiger partial charge in [-0.1, -0.05) is 62.4 Å². The van der Waals surface area contributed by atoms with Crippen LogP contribution in [0.2, 0.25) is 0 Å². The average Bonchev–Trinajstić information content (AvgIpc) is 3.16. The Morgan fingerprint density at radius 2 is 1.63 bits per heavy atom. The van der Waals surface area contributed by atoms with Crippen molar-refractivity contribution in [2.24, 2.45) is 5.41 Å². The summed E-state index contributed by atoms with van der Waals surface area (Å²) in [4.78, 5) is 40.4. The Morgan fingerprint density at radius 1 is 1.03 bits per heavy atom. The fourth-order valence-electron chi connectivity index (χ4n) is 4.99. The van der Waals surface area contributed by atoms with Crippen LogP contribution in [0, 0.1) is 5.41 Å². The number of benzene rings is 2. The number of fused-ring (bicyclic) bond motifs is 3. The highest BCUT2D eigenvalue weighted by Crippen LogP contribution is 2.44. The number of carbonyl (C=O) groups is 3. The Morgan fingerprint density at radius 3 is 2.23 bits per heavy atom. The van der Waals surface area contributed by atoms with Gasteiger partial charge < -0.3 is 20.1 Å². The highest BCUT2D eigenvalue weighted by molar-refractivity contribution is 5.83. The van der Waals surface area contributed by atoms with Gasteiger partial charge in [-0.05, 0) is 35.7 Å². The number of nitrogens with zero attached hydrogens (tertiary/aromatic N) is 2. The molecular weight excluding hydrogens is 446 g/mol. The van der Waals surface area contributed by atoms with Gasteiger partial charge in [0.1, 0.15) is 12.6 Å². The average molecular weight is 480 g/mol. The van der Waals surface area contributed by atoms with E-state index in [9.17, 15) is 19.5 Å². The Kier molecular flexibility index (Phi) is 7.12. The molecule has 4 rings (SSSR count). The van der Waals surface area contributed by atoms with Crippen molar-refractivity contribution in [1.29, 1.82) is 0 Å². The van der Waals surface area contributed by atoms with Crippen molar-refractivity contribution in [2.75, 3.05) is 39.8 Å². The molecule has 1 unspecified atom stereocenters. The highest BCUT2D eigenvalue weighted by atomic mass is 16.5. The van der Waals surface area contributed by atoms with E-state index in [1.807, 2.05) is 38.1 Å². The van der Waals surface area contributed by atoms with Crippen LogP contribution in [0.3, 0.4) is 0 Å². The van der Waals surface area contributed by atoms with Crippen LogP contribution in [0.15, 0.2) is 48.5 Å². The summed E-state index contributed by atoms with van der Waals surface area (Å²) in [6, 6.07) is 15.6. The minimum absolute atomic E-state index is 0.00872. The highest BCUT2D eigenvalue weighted by Gasteiger charge is 2.38. The molecule has 2 aliphatic rings. The molecule has 0 aromatic heterocycles. The summed E-state index contributed by atoms with van der Waals surface area (Å²) in [5, 5.41) is 12.2. The zero-order chi connectivity index (χ0) is 25.2. The molecule has 2 aromatic rings. The van der Waals surface area contributed by atoms with Crippen LogP contribution in [0.4, 0.5) is 4.79 Å². The van der Waals surface area contributed by atoms with Gasteiger partial charge in [-0.3, -0.25) is 14.5 Å². The fraction of sp³-hybridized carbons (Fsp3) is 0.444. The van der Waals surface area contributed by atoms with E-state index in [4.69, 9.17) is 4.74 Å². The first-order chi connectivity index (χ1) is 16.7. The van der Waals surface area contributed by atoms with Gasteiger partial charge in [0.25, 0.3) is 0 Å². The molecule has 8 nitrogen and oxygen atoms in total. The summed E-state index contributed by atoms with van der Waals surface area (Å²) >= 11 is 0. The van der Waals surface area contributed by atoms with Crippen molar-refractivity contribution in [1.82, 2.24) is 15.1 Å². The van der Waals surface area contributed by atoms with Gasteiger partial charge in [-0.15, -0.1) is 0 Å². The minimum atomic E-state index is -0.931. The third-order valence-corrected chi connectivity index (χ3v) is 7.16. The number of carbonyl (C=O) groups excluding carboxylic acids is 2. The number of hydrogen-bond donors (Lipinski definition) is 2. The Balaban J connectivity index is 1.28. The van der Waals surface area contributed by atoms with Crippen molar-refractivity contribution in [3.05, 3.63) is 59.7 Å². The third kappa shape index (κ3) is 5.17. The first kappa shape index (κ1) is 24.7. The summed E-state index contributed by atoms with van der Waals surface area (Å²) in [6.45, 7) is 5.32. The monoisotopic (exact) mass is 479 g/mol. The number of carboxylic acids is 1. The van der Waals surface area contributed by atoms with E-state index in [-0.39, 0.29) is 31.5 Å². The molecule has 2 aromatic carbocycles. The topological polar surface area (TPSA) is 99.2 Å². The van der Waals surface area contributed by atoms with Crippen molar-refractivity contribution in [3.8, 4) is 11.1 Å². The van der Waals surface area contributed by atoms with E-state index >= 15 is 0 Å². The Labute approximate surface area is 205 Å². The van der Waals surface area contributed by atoms with E-state index < -0.39 is 23.5 Å². The molecule has 0 radical (unpaired) electrons. The number of aliphatic carboxylic acids is 1. The molecular formula is C27H33N3O5. The molecule has 35 heavy (non-hydrogen) atoms. The lowest BCUT2D eigenvalue weighted by atomic mass is 9.87. The lowest BCUT2D eigenvalue weighted by Gasteiger charge is -2.40. The van der Waals surface area contributed by atoms with Gasteiger partial charge in [0.05, 0.1) is 0 Å². The minimum Gasteiger partial charge on any atom is -0.480 e. The molecule has 0 spiro atoms. The second kappa shape index (κ2) is 10.1. The van der Waals surface area contributed by atoms with Crippen molar-refractivity contribution < 1.29 is 24.2 Å². The van der Waals surface area contributed by atoms with Crippen molar-refractivity contribution >= 4 is 18.0 Å². The first-order valence-corrected chi connectivity index (χ1v) is 12.0. The SMILES string of the molecule is CN1CCN(C(=O)C(C)(C)CCNC(=O)OCC2c3ccccc3-c3ccccc32)CC1C(=O)O. The van der Waals surface area contributed by atoms with Crippen LogP contribution >= 0.6 is 0 Å². The summed E-state index contributed by atoms with van der Waals surface area (Å²) in [7, 11) is 1.75. The molecule has 0 saturated carbocycles. The van der Waals surface area contributed by atoms with E-state index in [0.29, 0.717) is 19.5 Å². The van der Waals surface area contributed by atoms with Gasteiger partial charge in [-0.25, -0.2) is 4.79 Å². The number of piperazine rings is 1. The molecule has 1 aliphatic carbocycles. The fourth-order valence-corrected chi connectivity index (χ4v) is 4.99. The number of carboxylic acid groups (broad SMARTS) is 1. The van der Waals surface area contributed by atoms with Crippen LogP contribution in [0.1, 0.15) is 37.3 Å². The number of rotatable bonds is 7. The number of ether oxygens (including phenoxy) is 1. The number of alkyl carbamates (subject to hydrolysis) is 1. The van der Waals surface area contributed by atoms with Crippen LogP contribution in [-0.4, -0.2) is 78.8 Å². The van der Waals surface area contributed by atoms with E-state index in [1.54, 1.807) is 16.8 Å². The third-order valence-electron chi connectivity index (χ3n) is 7.16. The molecule has 1 heterocycles. The Bertz CT molecular complexity index is 1070. The van der Waals surface area contributed by atoms with Crippen LogP contribution in [0.5, 0.6) is 0 Å². The molecule has 0 bridgehead atoms. The lowest BCUT2D eigenvalue weighted by molar-refractivity contribution is -0.151. The van der Waals surface area contributed by atoms with Gasteiger partial charge >= 0.3 is 12.1 Å². The summed E-state index contributed by atoms with van der Waals surface area (Å²) in [5.41, 5.74) is 3.91. The molecule has 186 valence electrons.